The zero-order valence-electron chi connectivity index (χ0n) is 9.80. The van der Waals surface area contributed by atoms with E-state index in [1.165, 1.54) is 0 Å². The average Bonchev–Trinajstić information content (AvgIpc) is 2.20. The predicted octanol–water partition coefficient (Wildman–Crippen LogP) is 1.03. The molecular weight excluding hydrogens is 240 g/mol. The number of anilines is 2. The fourth-order valence-corrected chi connectivity index (χ4v) is 1.92. The van der Waals surface area contributed by atoms with Gasteiger partial charge in [0, 0.05) is 0 Å². The Bertz CT molecular complexity index is 509. The molecule has 3 N–H and O–H groups in total. The van der Waals surface area contributed by atoms with Gasteiger partial charge < -0.3 is 11.1 Å². The minimum absolute atomic E-state index is 0.405. The van der Waals surface area contributed by atoms with Gasteiger partial charge in [-0.2, -0.15) is 0 Å². The molecule has 5 nitrogen and oxygen atoms in total. The third-order valence-electron chi connectivity index (χ3n) is 2.29. The second-order valence-corrected chi connectivity index (χ2v) is 6.55. The van der Waals surface area contributed by atoms with Crippen molar-refractivity contribution < 1.29 is 13.2 Å². The van der Waals surface area contributed by atoms with E-state index in [9.17, 15) is 13.2 Å². The molecule has 0 aliphatic carbocycles. The summed E-state index contributed by atoms with van der Waals surface area (Å²) in [6, 6.07) is 6.69. The smallest absolute Gasteiger partial charge is 0.239 e. The molecule has 94 valence electrons. The summed E-state index contributed by atoms with van der Waals surface area (Å²) in [7, 11) is -3.38. The Kier molecular flexibility index (Phi) is 4.11. The van der Waals surface area contributed by atoms with Crippen molar-refractivity contribution in [2.24, 2.45) is 0 Å². The van der Waals surface area contributed by atoms with Gasteiger partial charge in [-0.15, -0.1) is 0 Å². The Morgan fingerprint density at radius 2 is 1.94 bits per heavy atom. The number of nitrogens with two attached hydrogens (primary N) is 1. The van der Waals surface area contributed by atoms with E-state index in [0.29, 0.717) is 11.4 Å². The number of hydrogen-bond donors (Lipinski definition) is 2. The minimum Gasteiger partial charge on any atom is -0.397 e. The molecule has 1 aromatic rings. The first-order valence-corrected chi connectivity index (χ1v) is 6.90. The molecule has 0 saturated carbocycles. The largest absolute Gasteiger partial charge is 0.397 e. The van der Waals surface area contributed by atoms with Gasteiger partial charge in [0.05, 0.1) is 16.6 Å². The second kappa shape index (κ2) is 5.18. The van der Waals surface area contributed by atoms with Crippen LogP contribution in [0.25, 0.3) is 0 Å². The monoisotopic (exact) mass is 256 g/mol. The van der Waals surface area contributed by atoms with Crippen LogP contribution in [-0.4, -0.2) is 25.3 Å². The maximum absolute atomic E-state index is 11.5. The first kappa shape index (κ1) is 13.5. The van der Waals surface area contributed by atoms with Crippen molar-refractivity contribution >= 4 is 27.1 Å². The normalized spacial score (nSPS) is 11.5. The Hall–Kier alpha value is -1.56. The highest BCUT2D eigenvalue weighted by molar-refractivity contribution is 7.92. The molecule has 0 aliphatic rings. The van der Waals surface area contributed by atoms with E-state index in [-0.39, 0.29) is 0 Å². The van der Waals surface area contributed by atoms with Crippen molar-refractivity contribution in [1.29, 1.82) is 0 Å². The molecule has 0 heterocycles. The number of rotatable bonds is 4. The van der Waals surface area contributed by atoms with Gasteiger partial charge in [-0.3, -0.25) is 4.79 Å². The number of carbonyl (C=O) groups is 1. The van der Waals surface area contributed by atoms with Gasteiger partial charge in [0.1, 0.15) is 5.75 Å². The van der Waals surface area contributed by atoms with Crippen LogP contribution in [0.2, 0.25) is 0 Å². The van der Waals surface area contributed by atoms with Crippen molar-refractivity contribution in [3.63, 3.8) is 0 Å². The fraction of sp³-hybridized carbons (Fsp3) is 0.364. The van der Waals surface area contributed by atoms with Crippen molar-refractivity contribution in [1.82, 2.24) is 0 Å². The molecule has 1 aromatic carbocycles. The Morgan fingerprint density at radius 1 is 1.35 bits per heavy atom. The molecule has 0 unspecified atom stereocenters. The lowest BCUT2D eigenvalue weighted by Crippen LogP contribution is -2.28. The van der Waals surface area contributed by atoms with Gasteiger partial charge in [0.15, 0.2) is 9.84 Å². The maximum atomic E-state index is 11.5. The van der Waals surface area contributed by atoms with E-state index in [4.69, 9.17) is 5.73 Å². The molecule has 0 bridgehead atoms. The van der Waals surface area contributed by atoms with Crippen LogP contribution in [0.1, 0.15) is 13.8 Å². The molecule has 0 spiro atoms. The maximum Gasteiger partial charge on any atom is 0.239 e. The highest BCUT2D eigenvalue weighted by Crippen LogP contribution is 2.16. The molecule has 0 atom stereocenters. The summed E-state index contributed by atoms with van der Waals surface area (Å²) in [6.45, 7) is 3.08. The van der Waals surface area contributed by atoms with Crippen LogP contribution in [-0.2, 0) is 14.6 Å². The van der Waals surface area contributed by atoms with Crippen LogP contribution < -0.4 is 11.1 Å². The SMILES string of the molecule is CC(C)S(=O)(=O)CC(=O)Nc1ccccc1N. The lowest BCUT2D eigenvalue weighted by Gasteiger charge is -2.09. The first-order valence-electron chi connectivity index (χ1n) is 5.19. The highest BCUT2D eigenvalue weighted by atomic mass is 32.2. The Labute approximate surface area is 101 Å². The van der Waals surface area contributed by atoms with Crippen LogP contribution in [0.5, 0.6) is 0 Å². The number of para-hydroxylation sites is 2. The molecule has 0 radical (unpaired) electrons. The molecule has 1 rings (SSSR count). The summed E-state index contributed by atoms with van der Waals surface area (Å²) in [5, 5.41) is 1.91. The van der Waals surface area contributed by atoms with Gasteiger partial charge >= 0.3 is 0 Å². The van der Waals surface area contributed by atoms with E-state index >= 15 is 0 Å². The number of amides is 1. The van der Waals surface area contributed by atoms with Crippen LogP contribution in [0.15, 0.2) is 24.3 Å². The quantitative estimate of drug-likeness (QED) is 0.787. The number of hydrogen-bond acceptors (Lipinski definition) is 4. The van der Waals surface area contributed by atoms with Crippen molar-refractivity contribution in [2.45, 2.75) is 19.1 Å². The molecule has 6 heteroatoms. The van der Waals surface area contributed by atoms with E-state index in [1.54, 1.807) is 38.1 Å². The molecule has 0 fully saturated rings. The summed E-state index contributed by atoms with van der Waals surface area (Å²) < 4.78 is 23.0. The topological polar surface area (TPSA) is 89.3 Å². The van der Waals surface area contributed by atoms with Crippen molar-refractivity contribution in [3.05, 3.63) is 24.3 Å². The van der Waals surface area contributed by atoms with Gasteiger partial charge in [-0.1, -0.05) is 12.1 Å². The Morgan fingerprint density at radius 3 is 2.47 bits per heavy atom. The summed E-state index contributed by atoms with van der Waals surface area (Å²) in [5.41, 5.74) is 6.46. The summed E-state index contributed by atoms with van der Waals surface area (Å²) in [4.78, 5) is 11.5. The summed E-state index contributed by atoms with van der Waals surface area (Å²) in [6.07, 6.45) is 0. The van der Waals surface area contributed by atoms with E-state index < -0.39 is 26.7 Å². The van der Waals surface area contributed by atoms with Gasteiger partial charge in [0.25, 0.3) is 0 Å². The zero-order chi connectivity index (χ0) is 13.1. The first-order chi connectivity index (χ1) is 7.83. The number of nitrogen functional groups attached to an aromatic ring is 1. The molecule has 0 aliphatic heterocycles. The zero-order valence-corrected chi connectivity index (χ0v) is 10.6. The predicted molar refractivity (Wildman–Crippen MR) is 68.4 cm³/mol. The van der Waals surface area contributed by atoms with Gasteiger partial charge in [0.2, 0.25) is 5.91 Å². The third-order valence-corrected chi connectivity index (χ3v) is 4.39. The standard InChI is InChI=1S/C11H16N2O3S/c1-8(2)17(15,16)7-11(14)13-10-6-4-3-5-9(10)12/h3-6,8H,7,12H2,1-2H3,(H,13,14). The van der Waals surface area contributed by atoms with Gasteiger partial charge in [-0.05, 0) is 26.0 Å². The molecule has 17 heavy (non-hydrogen) atoms. The molecule has 0 saturated heterocycles. The lowest BCUT2D eigenvalue weighted by atomic mass is 10.3. The second-order valence-electron chi connectivity index (χ2n) is 3.99. The van der Waals surface area contributed by atoms with Crippen molar-refractivity contribution in [3.8, 4) is 0 Å². The lowest BCUT2D eigenvalue weighted by molar-refractivity contribution is -0.113. The minimum atomic E-state index is -3.38. The van der Waals surface area contributed by atoms with Crippen LogP contribution in [0, 0.1) is 0 Å². The fourth-order valence-electron chi connectivity index (χ4n) is 1.15. The number of nitrogens with one attached hydrogen (secondary N) is 1. The highest BCUT2D eigenvalue weighted by Gasteiger charge is 2.20. The van der Waals surface area contributed by atoms with Crippen LogP contribution in [0.3, 0.4) is 0 Å². The van der Waals surface area contributed by atoms with E-state index in [2.05, 4.69) is 5.32 Å². The summed E-state index contributed by atoms with van der Waals surface area (Å²) in [5.74, 6) is -1.10. The van der Waals surface area contributed by atoms with Crippen LogP contribution >= 0.6 is 0 Å². The van der Waals surface area contributed by atoms with E-state index in [0.717, 1.165) is 0 Å². The third kappa shape index (κ3) is 3.74. The van der Waals surface area contributed by atoms with E-state index in [1.807, 2.05) is 0 Å². The average molecular weight is 256 g/mol. The van der Waals surface area contributed by atoms with Crippen molar-refractivity contribution in [2.75, 3.05) is 16.8 Å². The Balaban J connectivity index is 2.72. The molecule has 1 amide bonds. The van der Waals surface area contributed by atoms with Crippen LogP contribution in [0.4, 0.5) is 11.4 Å². The number of sulfone groups is 1. The van der Waals surface area contributed by atoms with Gasteiger partial charge in [-0.25, -0.2) is 8.42 Å². The molecule has 0 aromatic heterocycles. The summed E-state index contributed by atoms with van der Waals surface area (Å²) >= 11 is 0. The molecular formula is C11H16N2O3S. The number of benzene rings is 1. The number of carbonyl (C=O) groups excluding carboxylic acids is 1.